The quantitative estimate of drug-likeness (QED) is 0.865. The Morgan fingerprint density at radius 3 is 2.40 bits per heavy atom. The smallest absolute Gasteiger partial charge is 0.0830 e. The summed E-state index contributed by atoms with van der Waals surface area (Å²) in [5.74, 6) is 0.163. The molecular formula is C12H18BrNO. The minimum atomic E-state index is -0.442. The van der Waals surface area contributed by atoms with Crippen molar-refractivity contribution in [3.8, 4) is 0 Å². The van der Waals surface area contributed by atoms with Crippen molar-refractivity contribution in [2.45, 2.75) is 25.9 Å². The summed E-state index contributed by atoms with van der Waals surface area (Å²) in [5.41, 5.74) is 6.60. The molecule has 84 valence electrons. The molecule has 15 heavy (non-hydrogen) atoms. The summed E-state index contributed by atoms with van der Waals surface area (Å²) in [7, 11) is 0. The van der Waals surface area contributed by atoms with Crippen LogP contribution in [-0.4, -0.2) is 11.7 Å². The zero-order chi connectivity index (χ0) is 11.3. The van der Waals surface area contributed by atoms with E-state index in [4.69, 9.17) is 5.73 Å². The van der Waals surface area contributed by atoms with E-state index in [9.17, 15) is 5.11 Å². The van der Waals surface area contributed by atoms with Gasteiger partial charge in [0.25, 0.3) is 0 Å². The van der Waals surface area contributed by atoms with Crippen molar-refractivity contribution in [2.24, 2.45) is 11.7 Å². The van der Waals surface area contributed by atoms with Gasteiger partial charge in [0.2, 0.25) is 0 Å². The van der Waals surface area contributed by atoms with E-state index in [0.717, 1.165) is 22.9 Å². The molecule has 1 aromatic carbocycles. The maximum absolute atomic E-state index is 10.1. The van der Waals surface area contributed by atoms with E-state index in [2.05, 4.69) is 22.9 Å². The summed E-state index contributed by atoms with van der Waals surface area (Å²) in [6, 6.07) is 7.76. The average molecular weight is 272 g/mol. The number of aliphatic hydroxyl groups is 1. The van der Waals surface area contributed by atoms with Crippen LogP contribution in [-0.2, 0) is 0 Å². The molecular weight excluding hydrogens is 254 g/mol. The van der Waals surface area contributed by atoms with Crippen molar-refractivity contribution in [1.29, 1.82) is 0 Å². The molecule has 0 saturated heterocycles. The van der Waals surface area contributed by atoms with Gasteiger partial charge in [-0.1, -0.05) is 41.4 Å². The molecule has 3 N–H and O–H groups in total. The molecule has 3 heteroatoms. The van der Waals surface area contributed by atoms with Crippen LogP contribution in [0.1, 0.15) is 31.4 Å². The largest absolute Gasteiger partial charge is 0.388 e. The standard InChI is InChI=1S/C12H18BrNO/c1-2-3-10(8-14)12(15)9-4-6-11(13)7-5-9/h4-7,10,12,15H,2-3,8,14H2,1H3. The topological polar surface area (TPSA) is 46.2 Å². The van der Waals surface area contributed by atoms with Gasteiger partial charge in [-0.3, -0.25) is 0 Å². The number of hydrogen-bond donors (Lipinski definition) is 2. The molecule has 0 aliphatic heterocycles. The van der Waals surface area contributed by atoms with Crippen LogP contribution >= 0.6 is 15.9 Å². The zero-order valence-corrected chi connectivity index (χ0v) is 10.6. The highest BCUT2D eigenvalue weighted by molar-refractivity contribution is 9.10. The van der Waals surface area contributed by atoms with Gasteiger partial charge < -0.3 is 10.8 Å². The second kappa shape index (κ2) is 6.26. The Bertz CT molecular complexity index is 286. The Morgan fingerprint density at radius 1 is 1.33 bits per heavy atom. The first-order valence-corrected chi connectivity index (χ1v) is 6.12. The third kappa shape index (κ3) is 3.59. The van der Waals surface area contributed by atoms with E-state index in [-0.39, 0.29) is 5.92 Å². The van der Waals surface area contributed by atoms with Crippen LogP contribution in [0.5, 0.6) is 0 Å². The molecule has 0 saturated carbocycles. The number of nitrogens with two attached hydrogens (primary N) is 1. The van der Waals surface area contributed by atoms with Crippen LogP contribution in [0.2, 0.25) is 0 Å². The molecule has 0 spiro atoms. The molecule has 2 atom stereocenters. The van der Waals surface area contributed by atoms with Gasteiger partial charge in [-0.15, -0.1) is 0 Å². The van der Waals surface area contributed by atoms with Gasteiger partial charge in [-0.2, -0.15) is 0 Å². The van der Waals surface area contributed by atoms with Crippen LogP contribution in [0.15, 0.2) is 28.7 Å². The predicted molar refractivity (Wildman–Crippen MR) is 66.6 cm³/mol. The third-order valence-electron chi connectivity index (χ3n) is 2.62. The number of rotatable bonds is 5. The monoisotopic (exact) mass is 271 g/mol. The van der Waals surface area contributed by atoms with Crippen molar-refractivity contribution in [3.05, 3.63) is 34.3 Å². The number of aliphatic hydroxyl groups excluding tert-OH is 1. The fourth-order valence-electron chi connectivity index (χ4n) is 1.71. The molecule has 1 aromatic rings. The van der Waals surface area contributed by atoms with Crippen LogP contribution in [0.4, 0.5) is 0 Å². The Hall–Kier alpha value is -0.380. The van der Waals surface area contributed by atoms with E-state index in [1.165, 1.54) is 0 Å². The molecule has 0 bridgehead atoms. The fraction of sp³-hybridized carbons (Fsp3) is 0.500. The number of halogens is 1. The molecule has 0 amide bonds. The molecule has 0 heterocycles. The lowest BCUT2D eigenvalue weighted by atomic mass is 9.92. The zero-order valence-electron chi connectivity index (χ0n) is 8.99. The predicted octanol–water partition coefficient (Wildman–Crippen LogP) is 2.86. The van der Waals surface area contributed by atoms with E-state index in [1.807, 2.05) is 24.3 Å². The van der Waals surface area contributed by atoms with Crippen molar-refractivity contribution in [3.63, 3.8) is 0 Å². The lowest BCUT2D eigenvalue weighted by Gasteiger charge is -2.21. The molecule has 1 rings (SSSR count). The van der Waals surface area contributed by atoms with Gasteiger partial charge in [0.1, 0.15) is 0 Å². The van der Waals surface area contributed by atoms with Gasteiger partial charge in [-0.25, -0.2) is 0 Å². The summed E-state index contributed by atoms with van der Waals surface area (Å²) >= 11 is 3.37. The Balaban J connectivity index is 2.73. The molecule has 0 aromatic heterocycles. The first-order valence-electron chi connectivity index (χ1n) is 5.32. The van der Waals surface area contributed by atoms with Gasteiger partial charge in [0.15, 0.2) is 0 Å². The maximum Gasteiger partial charge on any atom is 0.0830 e. The molecule has 2 unspecified atom stereocenters. The van der Waals surface area contributed by atoms with Crippen LogP contribution in [0.3, 0.4) is 0 Å². The minimum Gasteiger partial charge on any atom is -0.388 e. The molecule has 2 nitrogen and oxygen atoms in total. The van der Waals surface area contributed by atoms with Crippen molar-refractivity contribution in [1.82, 2.24) is 0 Å². The van der Waals surface area contributed by atoms with Crippen molar-refractivity contribution in [2.75, 3.05) is 6.54 Å². The van der Waals surface area contributed by atoms with E-state index in [0.29, 0.717) is 6.54 Å². The Labute approximate surface area is 99.6 Å². The molecule has 0 aliphatic rings. The van der Waals surface area contributed by atoms with Crippen molar-refractivity contribution < 1.29 is 5.11 Å². The van der Waals surface area contributed by atoms with Gasteiger partial charge >= 0.3 is 0 Å². The van der Waals surface area contributed by atoms with Gasteiger partial charge in [0.05, 0.1) is 6.10 Å². The second-order valence-electron chi connectivity index (χ2n) is 3.78. The maximum atomic E-state index is 10.1. The highest BCUT2D eigenvalue weighted by Gasteiger charge is 2.18. The SMILES string of the molecule is CCCC(CN)C(O)c1ccc(Br)cc1. The molecule has 0 fully saturated rings. The first kappa shape index (κ1) is 12.7. The summed E-state index contributed by atoms with van der Waals surface area (Å²) in [5, 5.41) is 10.1. The Morgan fingerprint density at radius 2 is 1.93 bits per heavy atom. The van der Waals surface area contributed by atoms with E-state index < -0.39 is 6.10 Å². The molecule has 0 radical (unpaired) electrons. The molecule has 0 aliphatic carbocycles. The lowest BCUT2D eigenvalue weighted by molar-refractivity contribution is 0.107. The second-order valence-corrected chi connectivity index (χ2v) is 4.70. The van der Waals surface area contributed by atoms with Crippen LogP contribution < -0.4 is 5.73 Å². The summed E-state index contributed by atoms with van der Waals surface area (Å²) in [6.07, 6.45) is 1.58. The van der Waals surface area contributed by atoms with Gasteiger partial charge in [0, 0.05) is 10.4 Å². The van der Waals surface area contributed by atoms with Crippen LogP contribution in [0, 0.1) is 5.92 Å². The van der Waals surface area contributed by atoms with E-state index in [1.54, 1.807) is 0 Å². The summed E-state index contributed by atoms with van der Waals surface area (Å²) in [6.45, 7) is 2.64. The van der Waals surface area contributed by atoms with E-state index >= 15 is 0 Å². The first-order chi connectivity index (χ1) is 7.19. The normalized spacial score (nSPS) is 14.9. The number of benzene rings is 1. The summed E-state index contributed by atoms with van der Waals surface area (Å²) in [4.78, 5) is 0. The highest BCUT2D eigenvalue weighted by Crippen LogP contribution is 2.25. The third-order valence-corrected chi connectivity index (χ3v) is 3.15. The van der Waals surface area contributed by atoms with Gasteiger partial charge in [-0.05, 0) is 30.7 Å². The minimum absolute atomic E-state index is 0.163. The Kier molecular flexibility index (Phi) is 5.29. The number of hydrogen-bond acceptors (Lipinski definition) is 2. The fourth-order valence-corrected chi connectivity index (χ4v) is 1.97. The lowest BCUT2D eigenvalue weighted by Crippen LogP contribution is -2.21. The average Bonchev–Trinajstić information content (AvgIpc) is 2.26. The van der Waals surface area contributed by atoms with Crippen LogP contribution in [0.25, 0.3) is 0 Å². The highest BCUT2D eigenvalue weighted by atomic mass is 79.9. The summed E-state index contributed by atoms with van der Waals surface area (Å²) < 4.78 is 1.03. The van der Waals surface area contributed by atoms with Crippen molar-refractivity contribution >= 4 is 15.9 Å².